The van der Waals surface area contributed by atoms with Gasteiger partial charge in [-0.05, 0) is 43.4 Å². The van der Waals surface area contributed by atoms with E-state index in [0.29, 0.717) is 0 Å². The number of anilines is 1. The summed E-state index contributed by atoms with van der Waals surface area (Å²) >= 11 is 0. The third-order valence-electron chi connectivity index (χ3n) is 4.02. The largest absolute Gasteiger partial charge is 0.372 e. The minimum Gasteiger partial charge on any atom is -0.372 e. The summed E-state index contributed by atoms with van der Waals surface area (Å²) in [6.45, 7) is 8.97. The zero-order valence-electron chi connectivity index (χ0n) is 13.6. The summed E-state index contributed by atoms with van der Waals surface area (Å²) in [6, 6.07) is 8.90. The Morgan fingerprint density at radius 2 is 1.76 bits per heavy atom. The van der Waals surface area contributed by atoms with E-state index in [4.69, 9.17) is 0 Å². The lowest BCUT2D eigenvalue weighted by molar-refractivity contribution is -0.128. The molecule has 0 aromatic heterocycles. The normalized spacial score (nSPS) is 15.3. The molecule has 21 heavy (non-hydrogen) atoms. The van der Waals surface area contributed by atoms with Crippen molar-refractivity contribution in [3.05, 3.63) is 29.8 Å². The first-order valence-electron chi connectivity index (χ1n) is 8.09. The first-order valence-corrected chi connectivity index (χ1v) is 8.09. The second kappa shape index (κ2) is 6.97. The smallest absolute Gasteiger partial charge is 0.225 e. The van der Waals surface area contributed by atoms with Gasteiger partial charge in [-0.25, -0.2) is 0 Å². The number of nitrogens with one attached hydrogen (secondary N) is 1. The van der Waals surface area contributed by atoms with Gasteiger partial charge in [0.15, 0.2) is 0 Å². The minimum absolute atomic E-state index is 0.131. The van der Waals surface area contributed by atoms with E-state index in [1.54, 1.807) is 0 Å². The van der Waals surface area contributed by atoms with Crippen LogP contribution in [0.1, 0.15) is 45.6 Å². The number of carbonyl (C=O) groups is 1. The van der Waals surface area contributed by atoms with Crippen molar-refractivity contribution in [3.63, 3.8) is 0 Å². The Labute approximate surface area is 128 Å². The Balaban J connectivity index is 1.72. The van der Waals surface area contributed by atoms with Gasteiger partial charge in [-0.1, -0.05) is 32.9 Å². The van der Waals surface area contributed by atoms with Gasteiger partial charge in [-0.15, -0.1) is 0 Å². The molecule has 0 unspecified atom stereocenters. The average Bonchev–Trinajstić information content (AvgIpc) is 2.97. The van der Waals surface area contributed by atoms with Gasteiger partial charge in [0.2, 0.25) is 5.91 Å². The number of hydrogen-bond donors (Lipinski definition) is 1. The summed E-state index contributed by atoms with van der Waals surface area (Å²) in [5.41, 5.74) is 2.40. The molecule has 1 aromatic rings. The molecule has 1 heterocycles. The predicted molar refractivity (Wildman–Crippen MR) is 88.7 cm³/mol. The zero-order valence-corrected chi connectivity index (χ0v) is 13.6. The first kappa shape index (κ1) is 15.9. The highest BCUT2D eigenvalue weighted by molar-refractivity contribution is 5.81. The highest BCUT2D eigenvalue weighted by Crippen LogP contribution is 2.20. The Hall–Kier alpha value is -1.51. The Bertz CT molecular complexity index is 453. The monoisotopic (exact) mass is 288 g/mol. The van der Waals surface area contributed by atoms with Crippen molar-refractivity contribution in [1.82, 2.24) is 5.32 Å². The molecule has 0 radical (unpaired) electrons. The molecule has 2 rings (SSSR count). The van der Waals surface area contributed by atoms with E-state index in [2.05, 4.69) is 34.5 Å². The molecule has 0 aliphatic carbocycles. The summed E-state index contributed by atoms with van der Waals surface area (Å²) in [5.74, 6) is 0.131. The maximum Gasteiger partial charge on any atom is 0.225 e. The van der Waals surface area contributed by atoms with Crippen LogP contribution in [0.25, 0.3) is 0 Å². The van der Waals surface area contributed by atoms with E-state index < -0.39 is 0 Å². The molecule has 3 nitrogen and oxygen atoms in total. The molecule has 116 valence electrons. The molecule has 3 heteroatoms. The third-order valence-corrected chi connectivity index (χ3v) is 4.02. The van der Waals surface area contributed by atoms with E-state index in [1.165, 1.54) is 37.2 Å². The van der Waals surface area contributed by atoms with Crippen molar-refractivity contribution in [2.24, 2.45) is 5.41 Å². The molecule has 1 N–H and O–H groups in total. The van der Waals surface area contributed by atoms with E-state index in [0.717, 1.165) is 19.4 Å². The van der Waals surface area contributed by atoms with Crippen molar-refractivity contribution in [1.29, 1.82) is 0 Å². The number of aryl methyl sites for hydroxylation is 1. The molecule has 0 saturated carbocycles. The van der Waals surface area contributed by atoms with Crippen molar-refractivity contribution in [2.45, 2.75) is 46.5 Å². The maximum absolute atomic E-state index is 11.8. The number of hydrogen-bond acceptors (Lipinski definition) is 2. The summed E-state index contributed by atoms with van der Waals surface area (Å²) in [4.78, 5) is 14.2. The highest BCUT2D eigenvalue weighted by Gasteiger charge is 2.20. The molecule has 1 aliphatic heterocycles. The van der Waals surface area contributed by atoms with Crippen molar-refractivity contribution >= 4 is 11.6 Å². The standard InChI is InChI=1S/C18H28N2O/c1-18(2,3)17(21)19-12-6-7-15-8-10-16(11-9-15)20-13-4-5-14-20/h8-11H,4-7,12-14H2,1-3H3,(H,19,21). The molecule has 1 fully saturated rings. The second-order valence-corrected chi connectivity index (χ2v) is 6.97. The van der Waals surface area contributed by atoms with Gasteiger partial charge < -0.3 is 10.2 Å². The quantitative estimate of drug-likeness (QED) is 0.842. The number of carbonyl (C=O) groups excluding carboxylic acids is 1. The fraction of sp³-hybridized carbons (Fsp3) is 0.611. The van der Waals surface area contributed by atoms with E-state index in [-0.39, 0.29) is 11.3 Å². The summed E-state index contributed by atoms with van der Waals surface area (Å²) in [6.07, 6.45) is 4.64. The fourth-order valence-electron chi connectivity index (χ4n) is 2.61. The molecule has 1 amide bonds. The lowest BCUT2D eigenvalue weighted by atomic mass is 9.95. The predicted octanol–water partition coefficient (Wildman–Crippen LogP) is 3.38. The van der Waals surface area contributed by atoms with Crippen LogP contribution in [0.5, 0.6) is 0 Å². The van der Waals surface area contributed by atoms with Crippen LogP contribution in [0.2, 0.25) is 0 Å². The SMILES string of the molecule is CC(C)(C)C(=O)NCCCc1ccc(N2CCCC2)cc1. The van der Waals surface area contributed by atoms with E-state index in [1.807, 2.05) is 20.8 Å². The van der Waals surface area contributed by atoms with Crippen LogP contribution in [-0.4, -0.2) is 25.5 Å². The summed E-state index contributed by atoms with van der Waals surface area (Å²) in [5, 5.41) is 3.00. The van der Waals surface area contributed by atoms with E-state index >= 15 is 0 Å². The Morgan fingerprint density at radius 3 is 2.33 bits per heavy atom. The topological polar surface area (TPSA) is 32.3 Å². The van der Waals surface area contributed by atoms with Crippen LogP contribution in [0.15, 0.2) is 24.3 Å². The van der Waals surface area contributed by atoms with Gasteiger partial charge >= 0.3 is 0 Å². The molecule has 1 aliphatic rings. The third kappa shape index (κ3) is 4.76. The summed E-state index contributed by atoms with van der Waals surface area (Å²) in [7, 11) is 0. The first-order chi connectivity index (χ1) is 9.97. The maximum atomic E-state index is 11.8. The molecule has 0 atom stereocenters. The zero-order chi connectivity index (χ0) is 15.3. The molecule has 0 bridgehead atoms. The van der Waals surface area contributed by atoms with Gasteiger partial charge in [0.25, 0.3) is 0 Å². The van der Waals surface area contributed by atoms with Crippen LogP contribution < -0.4 is 10.2 Å². The number of benzene rings is 1. The molecule has 0 spiro atoms. The number of amides is 1. The van der Waals surface area contributed by atoms with Gasteiger partial charge in [-0.2, -0.15) is 0 Å². The lowest BCUT2D eigenvalue weighted by Crippen LogP contribution is -2.35. The molecule has 1 saturated heterocycles. The van der Waals surface area contributed by atoms with E-state index in [9.17, 15) is 4.79 Å². The van der Waals surface area contributed by atoms with Gasteiger partial charge in [0.05, 0.1) is 0 Å². The highest BCUT2D eigenvalue weighted by atomic mass is 16.2. The minimum atomic E-state index is -0.294. The molecular formula is C18H28N2O. The molecular weight excluding hydrogens is 260 g/mol. The van der Waals surface area contributed by atoms with Gasteiger partial charge in [0, 0.05) is 30.7 Å². The van der Waals surface area contributed by atoms with Crippen molar-refractivity contribution < 1.29 is 4.79 Å². The van der Waals surface area contributed by atoms with Crippen molar-refractivity contribution in [2.75, 3.05) is 24.5 Å². The van der Waals surface area contributed by atoms with Gasteiger partial charge in [0.1, 0.15) is 0 Å². The summed E-state index contributed by atoms with van der Waals surface area (Å²) < 4.78 is 0. The lowest BCUT2D eigenvalue weighted by Gasteiger charge is -2.18. The van der Waals surface area contributed by atoms with Crippen LogP contribution in [0, 0.1) is 5.41 Å². The van der Waals surface area contributed by atoms with Crippen LogP contribution in [0.3, 0.4) is 0 Å². The number of nitrogens with zero attached hydrogens (tertiary/aromatic N) is 1. The van der Waals surface area contributed by atoms with Crippen LogP contribution in [-0.2, 0) is 11.2 Å². The van der Waals surface area contributed by atoms with Crippen LogP contribution in [0.4, 0.5) is 5.69 Å². The van der Waals surface area contributed by atoms with Gasteiger partial charge in [-0.3, -0.25) is 4.79 Å². The molecule has 1 aromatic carbocycles. The average molecular weight is 288 g/mol. The fourth-order valence-corrected chi connectivity index (χ4v) is 2.61. The Kier molecular flexibility index (Phi) is 5.27. The van der Waals surface area contributed by atoms with Crippen LogP contribution >= 0.6 is 0 Å². The van der Waals surface area contributed by atoms with Crippen molar-refractivity contribution in [3.8, 4) is 0 Å². The second-order valence-electron chi connectivity index (χ2n) is 6.97. The number of rotatable bonds is 5. The Morgan fingerprint density at radius 1 is 1.14 bits per heavy atom.